The molecule has 2 rings (SSSR count). The SMILES string of the molecule is CCNCc1cn[nH]c1-c1cccc([N+](=O)[O-])c1. The normalized spacial score (nSPS) is 10.5. The quantitative estimate of drug-likeness (QED) is 0.625. The highest BCUT2D eigenvalue weighted by atomic mass is 16.6. The lowest BCUT2D eigenvalue weighted by atomic mass is 10.1. The van der Waals surface area contributed by atoms with Gasteiger partial charge in [-0.15, -0.1) is 0 Å². The minimum Gasteiger partial charge on any atom is -0.313 e. The first-order valence-electron chi connectivity index (χ1n) is 5.70. The Balaban J connectivity index is 2.33. The summed E-state index contributed by atoms with van der Waals surface area (Å²) in [6, 6.07) is 6.52. The van der Waals surface area contributed by atoms with Gasteiger partial charge >= 0.3 is 0 Å². The minimum atomic E-state index is -0.399. The minimum absolute atomic E-state index is 0.0801. The first kappa shape index (κ1) is 12.3. The molecule has 0 spiro atoms. The molecule has 18 heavy (non-hydrogen) atoms. The maximum Gasteiger partial charge on any atom is 0.270 e. The number of H-pyrrole nitrogens is 1. The fraction of sp³-hybridized carbons (Fsp3) is 0.250. The third kappa shape index (κ3) is 2.54. The zero-order chi connectivity index (χ0) is 13.0. The van der Waals surface area contributed by atoms with E-state index >= 15 is 0 Å². The number of hydrogen-bond donors (Lipinski definition) is 2. The maximum atomic E-state index is 10.7. The predicted molar refractivity (Wildman–Crippen MR) is 68.1 cm³/mol. The van der Waals surface area contributed by atoms with E-state index in [1.54, 1.807) is 18.3 Å². The molecule has 1 heterocycles. The van der Waals surface area contributed by atoms with Gasteiger partial charge in [0.05, 0.1) is 16.8 Å². The highest BCUT2D eigenvalue weighted by Gasteiger charge is 2.11. The molecule has 1 aromatic carbocycles. The highest BCUT2D eigenvalue weighted by Crippen LogP contribution is 2.24. The predicted octanol–water partition coefficient (Wildman–Crippen LogP) is 2.09. The second-order valence-corrected chi connectivity index (χ2v) is 3.86. The van der Waals surface area contributed by atoms with Crippen molar-refractivity contribution in [3.8, 4) is 11.3 Å². The molecule has 0 unspecified atom stereocenters. The average Bonchev–Trinajstić information content (AvgIpc) is 2.84. The van der Waals surface area contributed by atoms with Crippen LogP contribution in [0.15, 0.2) is 30.5 Å². The molecule has 0 aliphatic carbocycles. The summed E-state index contributed by atoms with van der Waals surface area (Å²) in [5.41, 5.74) is 2.67. The van der Waals surface area contributed by atoms with Gasteiger partial charge in [-0.25, -0.2) is 0 Å². The molecule has 0 amide bonds. The average molecular weight is 246 g/mol. The van der Waals surface area contributed by atoms with Crippen LogP contribution in [0.5, 0.6) is 0 Å². The Bertz CT molecular complexity index is 551. The zero-order valence-corrected chi connectivity index (χ0v) is 10.0. The number of non-ortho nitro benzene ring substituents is 1. The summed E-state index contributed by atoms with van der Waals surface area (Å²) in [5.74, 6) is 0. The lowest BCUT2D eigenvalue weighted by molar-refractivity contribution is -0.384. The molecule has 6 heteroatoms. The van der Waals surface area contributed by atoms with Gasteiger partial charge in [-0.2, -0.15) is 5.10 Å². The number of aromatic nitrogens is 2. The van der Waals surface area contributed by atoms with Crippen molar-refractivity contribution in [2.75, 3.05) is 6.54 Å². The summed E-state index contributed by atoms with van der Waals surface area (Å²) in [4.78, 5) is 10.3. The standard InChI is InChI=1S/C12H14N4O2/c1-2-13-7-10-8-14-15-12(10)9-4-3-5-11(6-9)16(17)18/h3-6,8,13H,2,7H2,1H3,(H,14,15). The largest absolute Gasteiger partial charge is 0.313 e. The second-order valence-electron chi connectivity index (χ2n) is 3.86. The number of nitrogens with one attached hydrogen (secondary N) is 2. The van der Waals surface area contributed by atoms with E-state index in [0.29, 0.717) is 6.54 Å². The zero-order valence-electron chi connectivity index (χ0n) is 10.0. The van der Waals surface area contributed by atoms with Crippen molar-refractivity contribution in [2.45, 2.75) is 13.5 Å². The Kier molecular flexibility index (Phi) is 3.69. The molecule has 1 aromatic heterocycles. The van der Waals surface area contributed by atoms with Crippen molar-refractivity contribution in [1.29, 1.82) is 0 Å². The van der Waals surface area contributed by atoms with E-state index in [1.165, 1.54) is 6.07 Å². The van der Waals surface area contributed by atoms with Gasteiger partial charge < -0.3 is 5.32 Å². The molecule has 0 radical (unpaired) electrons. The molecule has 0 atom stereocenters. The Hall–Kier alpha value is -2.21. The Labute approximate surface area is 104 Å². The van der Waals surface area contributed by atoms with Gasteiger partial charge in [0, 0.05) is 29.8 Å². The smallest absolute Gasteiger partial charge is 0.270 e. The van der Waals surface area contributed by atoms with Crippen LogP contribution in [0.2, 0.25) is 0 Å². The van der Waals surface area contributed by atoms with Crippen molar-refractivity contribution < 1.29 is 4.92 Å². The van der Waals surface area contributed by atoms with Gasteiger partial charge in [0.25, 0.3) is 5.69 Å². The van der Waals surface area contributed by atoms with Crippen LogP contribution in [0.3, 0.4) is 0 Å². The lowest BCUT2D eigenvalue weighted by Gasteiger charge is -2.03. The molecule has 0 saturated heterocycles. The van der Waals surface area contributed by atoms with Crippen LogP contribution >= 0.6 is 0 Å². The first-order valence-corrected chi connectivity index (χ1v) is 5.70. The van der Waals surface area contributed by atoms with Gasteiger partial charge in [0.1, 0.15) is 0 Å². The van der Waals surface area contributed by atoms with Crippen molar-refractivity contribution in [3.63, 3.8) is 0 Å². The molecule has 0 fully saturated rings. The van der Waals surface area contributed by atoms with E-state index in [-0.39, 0.29) is 5.69 Å². The summed E-state index contributed by atoms with van der Waals surface area (Å²) >= 11 is 0. The molecule has 94 valence electrons. The van der Waals surface area contributed by atoms with Crippen molar-refractivity contribution in [3.05, 3.63) is 46.1 Å². The molecule has 2 aromatic rings. The molecule has 6 nitrogen and oxygen atoms in total. The second kappa shape index (κ2) is 5.42. The summed E-state index contributed by atoms with van der Waals surface area (Å²) in [6.07, 6.45) is 1.73. The van der Waals surface area contributed by atoms with Crippen LogP contribution in [0, 0.1) is 10.1 Å². The maximum absolute atomic E-state index is 10.7. The van der Waals surface area contributed by atoms with Crippen LogP contribution in [-0.2, 0) is 6.54 Å². The molecule has 0 bridgehead atoms. The lowest BCUT2D eigenvalue weighted by Crippen LogP contribution is -2.11. The number of nitrogens with zero attached hydrogens (tertiary/aromatic N) is 2. The number of hydrogen-bond acceptors (Lipinski definition) is 4. The van der Waals surface area contributed by atoms with Crippen LogP contribution in [0.25, 0.3) is 11.3 Å². The molecule has 2 N–H and O–H groups in total. The third-order valence-corrected chi connectivity index (χ3v) is 2.63. The van der Waals surface area contributed by atoms with E-state index in [0.717, 1.165) is 23.4 Å². The van der Waals surface area contributed by atoms with Crippen molar-refractivity contribution in [2.24, 2.45) is 0 Å². The molecular formula is C12H14N4O2. The first-order chi connectivity index (χ1) is 8.72. The van der Waals surface area contributed by atoms with E-state index in [2.05, 4.69) is 15.5 Å². The van der Waals surface area contributed by atoms with Gasteiger partial charge in [-0.05, 0) is 6.54 Å². The van der Waals surface area contributed by atoms with E-state index in [4.69, 9.17) is 0 Å². The summed E-state index contributed by atoms with van der Waals surface area (Å²) in [5, 5.41) is 20.8. The van der Waals surface area contributed by atoms with Gasteiger partial charge in [-0.3, -0.25) is 15.2 Å². The van der Waals surface area contributed by atoms with E-state index in [1.807, 2.05) is 13.0 Å². The molecule has 0 saturated carbocycles. The van der Waals surface area contributed by atoms with E-state index in [9.17, 15) is 10.1 Å². The van der Waals surface area contributed by atoms with Crippen LogP contribution < -0.4 is 5.32 Å². The van der Waals surface area contributed by atoms with E-state index < -0.39 is 4.92 Å². The fourth-order valence-electron chi connectivity index (χ4n) is 1.73. The van der Waals surface area contributed by atoms with Gasteiger partial charge in [0.2, 0.25) is 0 Å². The van der Waals surface area contributed by atoms with Crippen LogP contribution in [0.4, 0.5) is 5.69 Å². The summed E-state index contributed by atoms with van der Waals surface area (Å²) in [7, 11) is 0. The van der Waals surface area contributed by atoms with Crippen molar-refractivity contribution in [1.82, 2.24) is 15.5 Å². The molecular weight excluding hydrogens is 232 g/mol. The Morgan fingerprint density at radius 3 is 3.06 bits per heavy atom. The van der Waals surface area contributed by atoms with Crippen LogP contribution in [0.1, 0.15) is 12.5 Å². The van der Waals surface area contributed by atoms with Gasteiger partial charge in [0.15, 0.2) is 0 Å². The summed E-state index contributed by atoms with van der Waals surface area (Å²) in [6.45, 7) is 3.57. The number of rotatable bonds is 5. The number of nitro groups is 1. The number of benzene rings is 1. The Morgan fingerprint density at radius 2 is 2.33 bits per heavy atom. The van der Waals surface area contributed by atoms with Crippen LogP contribution in [-0.4, -0.2) is 21.7 Å². The monoisotopic (exact) mass is 246 g/mol. The summed E-state index contributed by atoms with van der Waals surface area (Å²) < 4.78 is 0. The Morgan fingerprint density at radius 1 is 1.50 bits per heavy atom. The van der Waals surface area contributed by atoms with Gasteiger partial charge in [-0.1, -0.05) is 19.1 Å². The number of nitro benzene ring substituents is 1. The molecule has 0 aliphatic heterocycles. The molecule has 0 aliphatic rings. The topological polar surface area (TPSA) is 83.8 Å². The fourth-order valence-corrected chi connectivity index (χ4v) is 1.73. The highest BCUT2D eigenvalue weighted by molar-refractivity contribution is 5.65. The number of aromatic amines is 1. The third-order valence-electron chi connectivity index (χ3n) is 2.63. The van der Waals surface area contributed by atoms with Crippen molar-refractivity contribution >= 4 is 5.69 Å².